The van der Waals surface area contributed by atoms with Crippen molar-refractivity contribution in [3.63, 3.8) is 0 Å². The van der Waals surface area contributed by atoms with Gasteiger partial charge < -0.3 is 13.7 Å². The lowest BCUT2D eigenvalue weighted by Gasteiger charge is -2.10. The molecule has 0 aromatic carbocycles. The van der Waals surface area contributed by atoms with Crippen LogP contribution in [0.4, 0.5) is 0 Å². The number of rotatable bonds is 4. The highest BCUT2D eigenvalue weighted by Crippen LogP contribution is 2.18. The van der Waals surface area contributed by atoms with E-state index in [-0.39, 0.29) is 12.0 Å². The van der Waals surface area contributed by atoms with Crippen molar-refractivity contribution in [2.75, 3.05) is 7.11 Å². The molecular weight excluding hydrogens is 250 g/mol. The number of hydrogen-bond donors (Lipinski definition) is 0. The molecule has 0 amide bonds. The van der Waals surface area contributed by atoms with E-state index in [0.29, 0.717) is 24.0 Å². The van der Waals surface area contributed by atoms with E-state index in [2.05, 4.69) is 10.3 Å². The first-order valence-corrected chi connectivity index (χ1v) is 5.92. The van der Waals surface area contributed by atoms with E-state index in [1.807, 2.05) is 20.8 Å². The molecule has 2 heterocycles. The summed E-state index contributed by atoms with van der Waals surface area (Å²) in [6.07, 6.45) is 0. The fourth-order valence-corrected chi connectivity index (χ4v) is 1.50. The van der Waals surface area contributed by atoms with Gasteiger partial charge in [-0.25, -0.2) is 4.79 Å². The Balaban J connectivity index is 2.18. The van der Waals surface area contributed by atoms with Crippen LogP contribution in [0.25, 0.3) is 0 Å². The average molecular weight is 267 g/mol. The van der Waals surface area contributed by atoms with E-state index in [9.17, 15) is 4.79 Å². The topological polar surface area (TPSA) is 83.3 Å². The Morgan fingerprint density at radius 2 is 2.16 bits per heavy atom. The summed E-state index contributed by atoms with van der Waals surface area (Å²) < 4.78 is 16.3. The Labute approximate surface area is 110 Å². The molecule has 0 bridgehead atoms. The maximum absolute atomic E-state index is 11.7. The fourth-order valence-electron chi connectivity index (χ4n) is 1.50. The van der Waals surface area contributed by atoms with Gasteiger partial charge in [0.05, 0.1) is 6.54 Å². The van der Waals surface area contributed by atoms with Gasteiger partial charge in [-0.3, -0.25) is 0 Å². The lowest BCUT2D eigenvalue weighted by molar-refractivity contribution is 0.155. The normalized spacial score (nSPS) is 12.0. The van der Waals surface area contributed by atoms with Crippen LogP contribution in [0.2, 0.25) is 0 Å². The molecular formula is C12H17N3O4. The van der Waals surface area contributed by atoms with Gasteiger partial charge in [0, 0.05) is 18.6 Å². The summed E-state index contributed by atoms with van der Waals surface area (Å²) in [5, 5.41) is 8.00. The van der Waals surface area contributed by atoms with Gasteiger partial charge in [0.1, 0.15) is 12.3 Å². The molecule has 0 atom stereocenters. The highest BCUT2D eigenvalue weighted by atomic mass is 16.5. The summed E-state index contributed by atoms with van der Waals surface area (Å²) in [7, 11) is 1.57. The molecule has 0 saturated heterocycles. The zero-order valence-corrected chi connectivity index (χ0v) is 11.5. The third-order valence-corrected chi connectivity index (χ3v) is 2.45. The lowest BCUT2D eigenvalue weighted by atomic mass is 9.97. The van der Waals surface area contributed by atoms with E-state index in [1.54, 1.807) is 13.2 Å². The van der Waals surface area contributed by atoms with Crippen LogP contribution in [0.1, 0.15) is 38.1 Å². The first-order chi connectivity index (χ1) is 8.90. The number of nitrogens with zero attached hydrogens (tertiary/aromatic N) is 3. The van der Waals surface area contributed by atoms with Crippen LogP contribution < -0.4 is 5.76 Å². The average Bonchev–Trinajstić information content (AvgIpc) is 2.87. The Bertz CT molecular complexity index is 603. The van der Waals surface area contributed by atoms with Crippen LogP contribution in [0.15, 0.2) is 19.8 Å². The zero-order chi connectivity index (χ0) is 14.0. The van der Waals surface area contributed by atoms with Crippen LogP contribution in [-0.2, 0) is 23.3 Å². The Morgan fingerprint density at radius 3 is 2.74 bits per heavy atom. The molecule has 0 fully saturated rings. The molecule has 7 nitrogen and oxygen atoms in total. The third-order valence-electron chi connectivity index (χ3n) is 2.45. The maximum Gasteiger partial charge on any atom is 0.437 e. The quantitative estimate of drug-likeness (QED) is 0.830. The molecule has 0 unspecified atom stereocenters. The molecule has 0 saturated carbocycles. The van der Waals surface area contributed by atoms with Crippen molar-refractivity contribution in [1.82, 2.24) is 14.9 Å². The number of aromatic nitrogens is 3. The fraction of sp³-hybridized carbons (Fsp3) is 0.583. The molecule has 0 radical (unpaired) electrons. The second-order valence-electron chi connectivity index (χ2n) is 5.30. The van der Waals surface area contributed by atoms with Gasteiger partial charge in [0.2, 0.25) is 5.89 Å². The van der Waals surface area contributed by atoms with Gasteiger partial charge >= 0.3 is 5.76 Å². The van der Waals surface area contributed by atoms with E-state index < -0.39 is 5.76 Å². The highest BCUT2D eigenvalue weighted by Gasteiger charge is 2.22. The molecule has 2 aromatic heterocycles. The van der Waals surface area contributed by atoms with Crippen molar-refractivity contribution in [2.45, 2.75) is 39.3 Å². The van der Waals surface area contributed by atoms with Crippen LogP contribution in [0.3, 0.4) is 0 Å². The lowest BCUT2D eigenvalue weighted by Crippen LogP contribution is -2.17. The smallest absolute Gasteiger partial charge is 0.392 e. The molecule has 0 spiro atoms. The second-order valence-corrected chi connectivity index (χ2v) is 5.30. The second kappa shape index (κ2) is 5.00. The van der Waals surface area contributed by atoms with Crippen molar-refractivity contribution in [3.8, 4) is 0 Å². The molecule has 104 valence electrons. The summed E-state index contributed by atoms with van der Waals surface area (Å²) in [5.74, 6) is 0.504. The summed E-state index contributed by atoms with van der Waals surface area (Å²) in [5.41, 5.74) is 0.290. The predicted molar refractivity (Wildman–Crippen MR) is 65.8 cm³/mol. The zero-order valence-electron chi connectivity index (χ0n) is 11.5. The molecule has 0 aliphatic rings. The van der Waals surface area contributed by atoms with Crippen molar-refractivity contribution in [2.24, 2.45) is 0 Å². The number of hydrogen-bond acceptors (Lipinski definition) is 6. The number of ether oxygens (including phenoxy) is 1. The standard InChI is InChI=1S/C12H17N3O4/c1-12(2,3)10-13-15(11(16)18-10)6-8-5-9(7-17-4)19-14-8/h5H,6-7H2,1-4H3. The highest BCUT2D eigenvalue weighted by molar-refractivity contribution is 5.05. The van der Waals surface area contributed by atoms with Gasteiger partial charge in [0.15, 0.2) is 5.76 Å². The first-order valence-electron chi connectivity index (χ1n) is 5.92. The van der Waals surface area contributed by atoms with Gasteiger partial charge in [-0.1, -0.05) is 25.9 Å². The molecule has 19 heavy (non-hydrogen) atoms. The Morgan fingerprint density at radius 1 is 1.42 bits per heavy atom. The van der Waals surface area contributed by atoms with E-state index in [4.69, 9.17) is 13.7 Å². The van der Waals surface area contributed by atoms with Crippen LogP contribution in [-0.4, -0.2) is 22.0 Å². The van der Waals surface area contributed by atoms with Crippen LogP contribution in [0, 0.1) is 0 Å². The van der Waals surface area contributed by atoms with Crippen molar-refractivity contribution < 1.29 is 13.7 Å². The van der Waals surface area contributed by atoms with Crippen LogP contribution in [0.5, 0.6) is 0 Å². The van der Waals surface area contributed by atoms with Crippen LogP contribution >= 0.6 is 0 Å². The summed E-state index contributed by atoms with van der Waals surface area (Å²) in [6.45, 7) is 6.33. The Hall–Kier alpha value is -1.89. The molecule has 0 aliphatic carbocycles. The molecule has 2 rings (SSSR count). The first kappa shape index (κ1) is 13.5. The van der Waals surface area contributed by atoms with Crippen molar-refractivity contribution >= 4 is 0 Å². The molecule has 0 aliphatic heterocycles. The minimum atomic E-state index is -0.499. The predicted octanol–water partition coefficient (Wildman–Crippen LogP) is 1.32. The van der Waals surface area contributed by atoms with E-state index in [0.717, 1.165) is 0 Å². The molecule has 0 N–H and O–H groups in total. The van der Waals surface area contributed by atoms with E-state index >= 15 is 0 Å². The van der Waals surface area contributed by atoms with Gasteiger partial charge in [0.25, 0.3) is 0 Å². The minimum Gasteiger partial charge on any atom is -0.392 e. The molecule has 2 aromatic rings. The number of methoxy groups -OCH3 is 1. The van der Waals surface area contributed by atoms with Crippen molar-refractivity contribution in [3.05, 3.63) is 34.0 Å². The maximum atomic E-state index is 11.7. The largest absolute Gasteiger partial charge is 0.437 e. The summed E-state index contributed by atoms with van der Waals surface area (Å²) in [4.78, 5) is 11.7. The minimum absolute atomic E-state index is 0.214. The van der Waals surface area contributed by atoms with E-state index in [1.165, 1.54) is 4.68 Å². The van der Waals surface area contributed by atoms with Crippen molar-refractivity contribution in [1.29, 1.82) is 0 Å². The monoisotopic (exact) mass is 267 g/mol. The SMILES string of the molecule is COCc1cc(Cn2nc(C(C)(C)C)oc2=O)no1. The summed E-state index contributed by atoms with van der Waals surface area (Å²) >= 11 is 0. The van der Waals surface area contributed by atoms with Gasteiger partial charge in [-0.15, -0.1) is 5.10 Å². The van der Waals surface area contributed by atoms with Gasteiger partial charge in [-0.05, 0) is 0 Å². The Kier molecular flexibility index (Phi) is 3.57. The summed E-state index contributed by atoms with van der Waals surface area (Å²) in [6, 6.07) is 1.72. The molecule has 7 heteroatoms. The van der Waals surface area contributed by atoms with Gasteiger partial charge in [-0.2, -0.15) is 4.68 Å². The third kappa shape index (κ3) is 3.11.